The average Bonchev–Trinajstić information content (AvgIpc) is 2.46. The summed E-state index contributed by atoms with van der Waals surface area (Å²) < 4.78 is 30.1. The maximum absolute atomic E-state index is 12.4. The summed E-state index contributed by atoms with van der Waals surface area (Å²) in [5.41, 5.74) is 0.0498. The third-order valence-corrected chi connectivity index (χ3v) is 4.97. The van der Waals surface area contributed by atoms with Crippen molar-refractivity contribution in [1.82, 2.24) is 9.62 Å². The van der Waals surface area contributed by atoms with Crippen LogP contribution in [0.3, 0.4) is 0 Å². The molecule has 0 atom stereocenters. The molecule has 0 saturated heterocycles. The van der Waals surface area contributed by atoms with Gasteiger partial charge in [0.2, 0.25) is 15.9 Å². The van der Waals surface area contributed by atoms with Crippen LogP contribution in [-0.4, -0.2) is 52.3 Å². The summed E-state index contributed by atoms with van der Waals surface area (Å²) in [6.07, 6.45) is 0. The van der Waals surface area contributed by atoms with Crippen LogP contribution in [0.25, 0.3) is 0 Å². The second-order valence-electron chi connectivity index (χ2n) is 4.07. The molecule has 0 heterocycles. The molecular formula is C12H15ClN2O5S. The van der Waals surface area contributed by atoms with E-state index in [1.165, 1.54) is 33.3 Å². The molecule has 0 aliphatic rings. The number of amides is 1. The molecule has 1 amide bonds. The summed E-state index contributed by atoms with van der Waals surface area (Å²) in [4.78, 5) is 22.5. The van der Waals surface area contributed by atoms with Gasteiger partial charge in [-0.3, -0.25) is 4.79 Å². The first-order chi connectivity index (χ1) is 9.73. The molecule has 0 spiro atoms. The van der Waals surface area contributed by atoms with Crippen LogP contribution in [0.15, 0.2) is 23.1 Å². The molecule has 9 heteroatoms. The van der Waals surface area contributed by atoms with Gasteiger partial charge in [-0.25, -0.2) is 13.2 Å². The number of halogens is 1. The number of hydrogen-bond acceptors (Lipinski definition) is 5. The molecule has 0 bridgehead atoms. The van der Waals surface area contributed by atoms with Crippen LogP contribution < -0.4 is 5.32 Å². The van der Waals surface area contributed by atoms with Gasteiger partial charge in [-0.2, -0.15) is 4.31 Å². The van der Waals surface area contributed by atoms with Crippen molar-refractivity contribution in [3.8, 4) is 0 Å². The number of hydrogen-bond donors (Lipinski definition) is 1. The standard InChI is InChI=1S/C12H15ClN2O5S/c1-14-11(16)7-15(2)21(18,19)10-6-8(12(17)20-3)4-5-9(10)13/h4-6H,7H2,1-3H3,(H,14,16). The van der Waals surface area contributed by atoms with Crippen molar-refractivity contribution in [2.75, 3.05) is 27.7 Å². The lowest BCUT2D eigenvalue weighted by atomic mass is 10.2. The summed E-state index contributed by atoms with van der Waals surface area (Å²) >= 11 is 5.88. The van der Waals surface area contributed by atoms with E-state index in [1.807, 2.05) is 0 Å². The highest BCUT2D eigenvalue weighted by atomic mass is 35.5. The van der Waals surface area contributed by atoms with Crippen LogP contribution >= 0.6 is 11.6 Å². The van der Waals surface area contributed by atoms with Crippen LogP contribution in [0, 0.1) is 0 Å². The zero-order chi connectivity index (χ0) is 16.2. The summed E-state index contributed by atoms with van der Waals surface area (Å²) in [7, 11) is -0.185. The molecule has 1 aromatic rings. The van der Waals surface area contributed by atoms with E-state index in [-0.39, 0.29) is 22.0 Å². The maximum atomic E-state index is 12.4. The Hall–Kier alpha value is -1.64. The Labute approximate surface area is 127 Å². The predicted molar refractivity (Wildman–Crippen MR) is 76.7 cm³/mol. The minimum Gasteiger partial charge on any atom is -0.465 e. The molecule has 1 rings (SSSR count). The molecule has 116 valence electrons. The lowest BCUT2D eigenvalue weighted by Gasteiger charge is -2.17. The van der Waals surface area contributed by atoms with Gasteiger partial charge in [-0.1, -0.05) is 11.6 Å². The molecule has 0 aliphatic heterocycles. The summed E-state index contributed by atoms with van der Waals surface area (Å²) in [5, 5.41) is 2.27. The molecule has 0 saturated carbocycles. The number of esters is 1. The zero-order valence-electron chi connectivity index (χ0n) is 11.7. The van der Waals surface area contributed by atoms with Gasteiger partial charge in [-0.05, 0) is 18.2 Å². The second kappa shape index (κ2) is 6.88. The van der Waals surface area contributed by atoms with E-state index in [4.69, 9.17) is 11.6 Å². The first-order valence-electron chi connectivity index (χ1n) is 5.78. The normalized spacial score (nSPS) is 11.3. The van der Waals surface area contributed by atoms with Gasteiger partial charge in [0.25, 0.3) is 0 Å². The van der Waals surface area contributed by atoms with Crippen LogP contribution in [0.4, 0.5) is 0 Å². The van der Waals surface area contributed by atoms with E-state index in [9.17, 15) is 18.0 Å². The van der Waals surface area contributed by atoms with Crippen molar-refractivity contribution in [3.05, 3.63) is 28.8 Å². The minimum atomic E-state index is -4.01. The fourth-order valence-electron chi connectivity index (χ4n) is 1.48. The highest BCUT2D eigenvalue weighted by molar-refractivity contribution is 7.89. The van der Waals surface area contributed by atoms with Gasteiger partial charge < -0.3 is 10.1 Å². The molecule has 0 aromatic heterocycles. The van der Waals surface area contributed by atoms with Gasteiger partial charge in [0.05, 0.1) is 24.2 Å². The number of carbonyl (C=O) groups is 2. The summed E-state index contributed by atoms with van der Waals surface area (Å²) in [6.45, 7) is -0.363. The number of sulfonamides is 1. The molecule has 0 aliphatic carbocycles. The Kier molecular flexibility index (Phi) is 5.70. The monoisotopic (exact) mass is 334 g/mol. The highest BCUT2D eigenvalue weighted by Gasteiger charge is 2.26. The smallest absolute Gasteiger partial charge is 0.337 e. The first-order valence-corrected chi connectivity index (χ1v) is 7.60. The first kappa shape index (κ1) is 17.4. The van der Waals surface area contributed by atoms with Gasteiger partial charge in [0, 0.05) is 14.1 Å². The van der Waals surface area contributed by atoms with Crippen LogP contribution in [0.2, 0.25) is 5.02 Å². The van der Waals surface area contributed by atoms with Gasteiger partial charge in [-0.15, -0.1) is 0 Å². The van der Waals surface area contributed by atoms with E-state index in [0.29, 0.717) is 0 Å². The topological polar surface area (TPSA) is 92.8 Å². The summed E-state index contributed by atoms with van der Waals surface area (Å²) in [6, 6.07) is 3.75. The predicted octanol–water partition coefficient (Wildman–Crippen LogP) is 0.493. The van der Waals surface area contributed by atoms with E-state index in [1.54, 1.807) is 0 Å². The zero-order valence-corrected chi connectivity index (χ0v) is 13.3. The molecule has 0 unspecified atom stereocenters. The lowest BCUT2D eigenvalue weighted by molar-refractivity contribution is -0.120. The fraction of sp³-hybridized carbons (Fsp3) is 0.333. The quantitative estimate of drug-likeness (QED) is 0.791. The highest BCUT2D eigenvalue weighted by Crippen LogP contribution is 2.25. The molecule has 21 heavy (non-hydrogen) atoms. The molecule has 7 nitrogen and oxygen atoms in total. The Morgan fingerprint density at radius 2 is 2.00 bits per heavy atom. The minimum absolute atomic E-state index is 0.0496. The third-order valence-electron chi connectivity index (χ3n) is 2.69. The molecule has 1 N–H and O–H groups in total. The maximum Gasteiger partial charge on any atom is 0.337 e. The fourth-order valence-corrected chi connectivity index (χ4v) is 3.10. The van der Waals surface area contributed by atoms with Gasteiger partial charge in [0.15, 0.2) is 0 Å². The number of nitrogens with zero attached hydrogens (tertiary/aromatic N) is 1. The largest absolute Gasteiger partial charge is 0.465 e. The van der Waals surface area contributed by atoms with Crippen molar-refractivity contribution in [2.45, 2.75) is 4.90 Å². The van der Waals surface area contributed by atoms with Crippen molar-refractivity contribution >= 4 is 33.5 Å². The Morgan fingerprint density at radius 1 is 1.38 bits per heavy atom. The summed E-state index contributed by atoms with van der Waals surface area (Å²) in [5.74, 6) is -1.15. The Morgan fingerprint density at radius 3 is 2.52 bits per heavy atom. The van der Waals surface area contributed by atoms with Crippen molar-refractivity contribution in [1.29, 1.82) is 0 Å². The van der Waals surface area contributed by atoms with E-state index < -0.39 is 21.9 Å². The van der Waals surface area contributed by atoms with E-state index in [2.05, 4.69) is 10.1 Å². The van der Waals surface area contributed by atoms with Gasteiger partial charge in [0.1, 0.15) is 4.90 Å². The second-order valence-corrected chi connectivity index (χ2v) is 6.49. The molecule has 1 aromatic carbocycles. The number of ether oxygens (including phenoxy) is 1. The lowest BCUT2D eigenvalue weighted by Crippen LogP contribution is -2.37. The molecule has 0 fully saturated rings. The number of rotatable bonds is 5. The van der Waals surface area contributed by atoms with Crippen molar-refractivity contribution < 1.29 is 22.7 Å². The van der Waals surface area contributed by atoms with Crippen molar-refractivity contribution in [3.63, 3.8) is 0 Å². The third kappa shape index (κ3) is 3.93. The Bertz CT molecular complexity index is 660. The van der Waals surface area contributed by atoms with E-state index >= 15 is 0 Å². The van der Waals surface area contributed by atoms with Crippen LogP contribution in [-0.2, 0) is 19.6 Å². The molecule has 0 radical (unpaired) electrons. The number of likely N-dealkylation sites (N-methyl/N-ethyl adjacent to an activating group) is 2. The van der Waals surface area contributed by atoms with Crippen LogP contribution in [0.5, 0.6) is 0 Å². The number of methoxy groups -OCH3 is 1. The van der Waals surface area contributed by atoms with E-state index in [0.717, 1.165) is 10.4 Å². The number of nitrogens with one attached hydrogen (secondary N) is 1. The van der Waals surface area contributed by atoms with Crippen LogP contribution in [0.1, 0.15) is 10.4 Å². The number of benzene rings is 1. The molecular weight excluding hydrogens is 320 g/mol. The number of carbonyl (C=O) groups excluding carboxylic acids is 2. The van der Waals surface area contributed by atoms with Gasteiger partial charge >= 0.3 is 5.97 Å². The van der Waals surface area contributed by atoms with Crippen molar-refractivity contribution in [2.24, 2.45) is 0 Å². The average molecular weight is 335 g/mol. The SMILES string of the molecule is CNC(=O)CN(C)S(=O)(=O)c1cc(C(=O)OC)ccc1Cl. The Balaban J connectivity index is 3.24.